The van der Waals surface area contributed by atoms with Crippen LogP contribution in [0.15, 0.2) is 54.6 Å². The molecule has 0 aliphatic carbocycles. The zero-order chi connectivity index (χ0) is 18.2. The van der Waals surface area contributed by atoms with Gasteiger partial charge in [-0.15, -0.1) is 0 Å². The Balaban J connectivity index is 1.91. The number of fused-ring (bicyclic) bond motifs is 1. The van der Waals surface area contributed by atoms with Crippen molar-refractivity contribution in [1.29, 1.82) is 0 Å². The van der Waals surface area contributed by atoms with Crippen LogP contribution in [-0.4, -0.2) is 29.2 Å². The highest BCUT2D eigenvalue weighted by Crippen LogP contribution is 2.27. The van der Waals surface area contributed by atoms with Crippen LogP contribution in [0, 0.1) is 0 Å². The van der Waals surface area contributed by atoms with Crippen LogP contribution in [0.1, 0.15) is 0 Å². The van der Waals surface area contributed by atoms with Crippen LogP contribution < -0.4 is 4.90 Å². The molecular weight excluding hydrogens is 333 g/mol. The number of aromatic nitrogens is 1. The number of phenols is 1. The van der Waals surface area contributed by atoms with Crippen molar-refractivity contribution < 1.29 is 23.1 Å². The maximum absolute atomic E-state index is 12.5. The number of rotatable bonds is 2. The van der Waals surface area contributed by atoms with Crippen molar-refractivity contribution in [1.82, 2.24) is 4.98 Å². The number of pyridine rings is 1. The number of amides is 1. The molecule has 0 aliphatic rings. The number of hydrogen-bond acceptors (Lipinski definition) is 3. The van der Waals surface area contributed by atoms with Gasteiger partial charge in [0.25, 0.3) is 0 Å². The van der Waals surface area contributed by atoms with Gasteiger partial charge in [0.05, 0.1) is 11.2 Å². The minimum atomic E-state index is -4.92. The standard InChI is InChI=1S/C18H13F3N2O2/c1-23(17(25)18(19,20)21)13-6-2-11(3-7-13)15-9-5-12-4-8-14(24)10-16(12)22-15/h2-10,24H,1H3. The molecule has 1 amide bonds. The molecule has 1 aromatic heterocycles. The lowest BCUT2D eigenvalue weighted by atomic mass is 10.1. The Kier molecular flexibility index (Phi) is 4.08. The second kappa shape index (κ2) is 6.08. The highest BCUT2D eigenvalue weighted by molar-refractivity contribution is 5.97. The smallest absolute Gasteiger partial charge is 0.471 e. The van der Waals surface area contributed by atoms with Crippen LogP contribution in [0.4, 0.5) is 18.9 Å². The summed E-state index contributed by atoms with van der Waals surface area (Å²) in [7, 11) is 1.07. The van der Waals surface area contributed by atoms with Crippen LogP contribution in [0.2, 0.25) is 0 Å². The second-order valence-corrected chi connectivity index (χ2v) is 5.48. The van der Waals surface area contributed by atoms with E-state index in [1.165, 1.54) is 18.2 Å². The minimum Gasteiger partial charge on any atom is -0.508 e. The van der Waals surface area contributed by atoms with Gasteiger partial charge in [-0.1, -0.05) is 18.2 Å². The van der Waals surface area contributed by atoms with E-state index in [2.05, 4.69) is 4.98 Å². The normalized spacial score (nSPS) is 11.5. The summed E-state index contributed by atoms with van der Waals surface area (Å²) in [5.74, 6) is -1.83. The minimum absolute atomic E-state index is 0.0970. The highest BCUT2D eigenvalue weighted by atomic mass is 19.4. The number of anilines is 1. The van der Waals surface area contributed by atoms with Crippen LogP contribution in [0.25, 0.3) is 22.2 Å². The molecule has 0 radical (unpaired) electrons. The van der Waals surface area contributed by atoms with Gasteiger partial charge in [-0.2, -0.15) is 13.2 Å². The molecule has 2 aromatic carbocycles. The summed E-state index contributed by atoms with van der Waals surface area (Å²) < 4.78 is 37.5. The van der Waals surface area contributed by atoms with Crippen molar-refractivity contribution in [3.8, 4) is 17.0 Å². The number of carbonyl (C=O) groups is 1. The monoisotopic (exact) mass is 346 g/mol. The molecule has 1 heterocycles. The van der Waals surface area contributed by atoms with Crippen molar-refractivity contribution in [3.63, 3.8) is 0 Å². The van der Waals surface area contributed by atoms with Crippen LogP contribution in [0.3, 0.4) is 0 Å². The topological polar surface area (TPSA) is 53.4 Å². The quantitative estimate of drug-likeness (QED) is 0.759. The molecule has 25 heavy (non-hydrogen) atoms. The van der Waals surface area contributed by atoms with E-state index < -0.39 is 12.1 Å². The fourth-order valence-electron chi connectivity index (χ4n) is 2.43. The van der Waals surface area contributed by atoms with Gasteiger partial charge in [0.2, 0.25) is 0 Å². The molecule has 3 aromatic rings. The van der Waals surface area contributed by atoms with Crippen molar-refractivity contribution >= 4 is 22.5 Å². The molecule has 0 bridgehead atoms. The zero-order valence-corrected chi connectivity index (χ0v) is 13.1. The van der Waals surface area contributed by atoms with Gasteiger partial charge < -0.3 is 10.0 Å². The van der Waals surface area contributed by atoms with E-state index >= 15 is 0 Å². The van der Waals surface area contributed by atoms with E-state index in [9.17, 15) is 23.1 Å². The molecule has 1 N–H and O–H groups in total. The first-order valence-electron chi connectivity index (χ1n) is 7.31. The van der Waals surface area contributed by atoms with Gasteiger partial charge in [-0.25, -0.2) is 4.98 Å². The third kappa shape index (κ3) is 3.40. The number of alkyl halides is 3. The first-order valence-corrected chi connectivity index (χ1v) is 7.31. The maximum Gasteiger partial charge on any atom is 0.471 e. The van der Waals surface area contributed by atoms with E-state index in [0.29, 0.717) is 21.7 Å². The Labute approximate surface area is 141 Å². The summed E-state index contributed by atoms with van der Waals surface area (Å²) in [5.41, 5.74) is 2.02. The van der Waals surface area contributed by atoms with Gasteiger partial charge in [-0.05, 0) is 30.3 Å². The highest BCUT2D eigenvalue weighted by Gasteiger charge is 2.41. The molecule has 0 fully saturated rings. The summed E-state index contributed by atoms with van der Waals surface area (Å²) >= 11 is 0. The largest absolute Gasteiger partial charge is 0.508 e. The second-order valence-electron chi connectivity index (χ2n) is 5.48. The van der Waals surface area contributed by atoms with E-state index in [1.54, 1.807) is 30.3 Å². The summed E-state index contributed by atoms with van der Waals surface area (Å²) in [4.78, 5) is 16.2. The lowest BCUT2D eigenvalue weighted by Gasteiger charge is -2.19. The molecule has 7 heteroatoms. The maximum atomic E-state index is 12.5. The molecule has 0 saturated carbocycles. The lowest BCUT2D eigenvalue weighted by Crippen LogP contribution is -2.38. The Morgan fingerprint density at radius 1 is 1.04 bits per heavy atom. The third-order valence-corrected chi connectivity index (χ3v) is 3.77. The van der Waals surface area contributed by atoms with Gasteiger partial charge >= 0.3 is 12.1 Å². The van der Waals surface area contributed by atoms with E-state index in [0.717, 1.165) is 12.4 Å². The van der Waals surface area contributed by atoms with Crippen molar-refractivity contribution in [2.24, 2.45) is 0 Å². The first-order chi connectivity index (χ1) is 11.8. The molecule has 0 unspecified atom stereocenters. The molecule has 0 spiro atoms. The number of halogens is 3. The Bertz CT molecular complexity index is 937. The van der Waals surface area contributed by atoms with Gasteiger partial charge in [0, 0.05) is 29.8 Å². The molecular formula is C18H13F3N2O2. The number of carbonyl (C=O) groups excluding carboxylic acids is 1. The molecule has 4 nitrogen and oxygen atoms in total. The van der Waals surface area contributed by atoms with Crippen molar-refractivity contribution in [2.75, 3.05) is 11.9 Å². The zero-order valence-electron chi connectivity index (χ0n) is 13.1. The van der Waals surface area contributed by atoms with Gasteiger partial charge in [-0.3, -0.25) is 4.79 Å². The van der Waals surface area contributed by atoms with Crippen LogP contribution in [0.5, 0.6) is 5.75 Å². The SMILES string of the molecule is CN(C(=O)C(F)(F)F)c1ccc(-c2ccc3ccc(O)cc3n2)cc1. The third-order valence-electron chi connectivity index (χ3n) is 3.77. The molecule has 3 rings (SSSR count). The van der Waals surface area contributed by atoms with Gasteiger partial charge in [0.15, 0.2) is 0 Å². The predicted octanol–water partition coefficient (Wildman–Crippen LogP) is 4.13. The summed E-state index contributed by atoms with van der Waals surface area (Å²) in [6.45, 7) is 0. The summed E-state index contributed by atoms with van der Waals surface area (Å²) in [6.07, 6.45) is -4.92. The Morgan fingerprint density at radius 2 is 1.68 bits per heavy atom. The number of benzene rings is 2. The predicted molar refractivity (Wildman–Crippen MR) is 88.3 cm³/mol. The molecule has 0 atom stereocenters. The summed E-state index contributed by atoms with van der Waals surface area (Å²) in [6, 6.07) is 14.5. The average molecular weight is 346 g/mol. The Morgan fingerprint density at radius 3 is 2.32 bits per heavy atom. The van der Waals surface area contributed by atoms with E-state index in [1.807, 2.05) is 6.07 Å². The summed E-state index contributed by atoms with van der Waals surface area (Å²) in [5, 5.41) is 10.4. The number of phenolic OH excluding ortho intramolecular Hbond substituents is 1. The molecule has 0 saturated heterocycles. The Hall–Kier alpha value is -3.09. The average Bonchev–Trinajstić information content (AvgIpc) is 2.59. The van der Waals surface area contributed by atoms with E-state index in [4.69, 9.17) is 0 Å². The molecule has 0 aliphatic heterocycles. The van der Waals surface area contributed by atoms with Crippen molar-refractivity contribution in [2.45, 2.75) is 6.18 Å². The first kappa shape index (κ1) is 16.8. The van der Waals surface area contributed by atoms with Crippen LogP contribution >= 0.6 is 0 Å². The van der Waals surface area contributed by atoms with E-state index in [-0.39, 0.29) is 11.4 Å². The van der Waals surface area contributed by atoms with Gasteiger partial charge in [0.1, 0.15) is 5.75 Å². The number of aromatic hydroxyl groups is 1. The van der Waals surface area contributed by atoms with Crippen LogP contribution in [-0.2, 0) is 4.79 Å². The van der Waals surface area contributed by atoms with Crippen molar-refractivity contribution in [3.05, 3.63) is 54.6 Å². The fourth-order valence-corrected chi connectivity index (χ4v) is 2.43. The lowest BCUT2D eigenvalue weighted by molar-refractivity contribution is -0.170. The fraction of sp³-hybridized carbons (Fsp3) is 0.111. The number of nitrogens with zero attached hydrogens (tertiary/aromatic N) is 2. The number of hydrogen-bond donors (Lipinski definition) is 1. The molecule has 128 valence electrons.